The van der Waals surface area contributed by atoms with Gasteiger partial charge in [-0.25, -0.2) is 9.78 Å². The molecule has 0 aliphatic carbocycles. The quantitative estimate of drug-likeness (QED) is 0.406. The van der Waals surface area contributed by atoms with Crippen molar-refractivity contribution in [2.45, 2.75) is 12.7 Å². The number of hydrogen-bond acceptors (Lipinski definition) is 2. The Morgan fingerprint density at radius 3 is 2.31 bits per heavy atom. The Labute approximate surface area is 168 Å². The van der Waals surface area contributed by atoms with Crippen molar-refractivity contribution in [3.63, 3.8) is 0 Å². The number of pyridine rings is 1. The average molecular weight is 424 g/mol. The number of rotatable bonds is 4. The smallest absolute Gasteiger partial charge is 0.334 e. The van der Waals surface area contributed by atoms with Crippen LogP contribution in [0, 0.1) is 5.95 Å². The summed E-state index contributed by atoms with van der Waals surface area (Å²) in [6.45, 7) is 0.160. The molecule has 3 rings (SSSR count). The van der Waals surface area contributed by atoms with Crippen LogP contribution < -0.4 is 10.6 Å². The fourth-order valence-corrected chi connectivity index (χ4v) is 2.76. The van der Waals surface area contributed by atoms with E-state index in [1.807, 2.05) is 0 Å². The van der Waals surface area contributed by atoms with Crippen LogP contribution >= 0.6 is 11.6 Å². The van der Waals surface area contributed by atoms with Gasteiger partial charge in [0, 0.05) is 24.0 Å². The third kappa shape index (κ3) is 5.45. The zero-order chi connectivity index (χ0) is 21.0. The van der Waals surface area contributed by atoms with Gasteiger partial charge in [-0.2, -0.15) is 17.6 Å². The second-order valence-electron chi connectivity index (χ2n) is 6.07. The van der Waals surface area contributed by atoms with Crippen molar-refractivity contribution in [3.8, 4) is 11.1 Å². The molecule has 2 N–H and O–H groups in total. The Morgan fingerprint density at radius 1 is 1.00 bits per heavy atom. The molecule has 9 heteroatoms. The molecule has 0 bridgehead atoms. The van der Waals surface area contributed by atoms with Gasteiger partial charge >= 0.3 is 12.2 Å². The van der Waals surface area contributed by atoms with Gasteiger partial charge < -0.3 is 10.6 Å². The Bertz CT molecular complexity index is 1010. The number of hydrogen-bond donors (Lipinski definition) is 2. The number of aromatic nitrogens is 1. The standard InChI is InChI=1S/C20H14ClF4N3O/c21-17-7-6-15(9-16(17)20(23,24)25)28-19(29)27-10-12-1-3-13(4-2-12)14-5-8-18(22)26-11-14/h1-9,11H,10H2,(H2,27,28,29). The molecule has 4 nitrogen and oxygen atoms in total. The minimum atomic E-state index is -4.62. The Kier molecular flexibility index (Phi) is 6.03. The van der Waals surface area contributed by atoms with Crippen LogP contribution in [0.4, 0.5) is 28.0 Å². The van der Waals surface area contributed by atoms with Crippen molar-refractivity contribution in [2.24, 2.45) is 0 Å². The zero-order valence-corrected chi connectivity index (χ0v) is 15.5. The fourth-order valence-electron chi connectivity index (χ4n) is 2.54. The van der Waals surface area contributed by atoms with Crippen LogP contribution in [0.2, 0.25) is 5.02 Å². The number of alkyl halides is 3. The second kappa shape index (κ2) is 8.48. The molecule has 0 spiro atoms. The molecule has 0 fully saturated rings. The van der Waals surface area contributed by atoms with Gasteiger partial charge in [0.05, 0.1) is 10.6 Å². The van der Waals surface area contributed by atoms with E-state index in [1.54, 1.807) is 30.3 Å². The lowest BCUT2D eigenvalue weighted by Crippen LogP contribution is -2.28. The molecule has 0 saturated carbocycles. The normalized spacial score (nSPS) is 11.2. The van der Waals surface area contributed by atoms with Gasteiger partial charge in [-0.1, -0.05) is 35.9 Å². The molecule has 2 amide bonds. The van der Waals surface area contributed by atoms with Crippen molar-refractivity contribution < 1.29 is 22.4 Å². The molecule has 0 unspecified atom stereocenters. The number of halogens is 5. The minimum absolute atomic E-state index is 0.0293. The Hall–Kier alpha value is -3.13. The first-order valence-corrected chi connectivity index (χ1v) is 8.72. The van der Waals surface area contributed by atoms with Gasteiger partial charge in [0.25, 0.3) is 0 Å². The fraction of sp³-hybridized carbons (Fsp3) is 0.100. The molecule has 3 aromatic rings. The van der Waals surface area contributed by atoms with E-state index in [0.29, 0.717) is 0 Å². The van der Waals surface area contributed by atoms with Crippen LogP contribution in [0.3, 0.4) is 0 Å². The maximum absolute atomic E-state index is 12.9. The molecular formula is C20H14ClF4N3O. The van der Waals surface area contributed by atoms with Crippen LogP contribution in [-0.2, 0) is 12.7 Å². The number of anilines is 1. The van der Waals surface area contributed by atoms with Crippen molar-refractivity contribution in [2.75, 3.05) is 5.32 Å². The number of benzene rings is 2. The van der Waals surface area contributed by atoms with E-state index < -0.39 is 28.7 Å². The van der Waals surface area contributed by atoms with Crippen LogP contribution in [0.5, 0.6) is 0 Å². The Morgan fingerprint density at radius 2 is 1.69 bits per heavy atom. The van der Waals surface area contributed by atoms with Crippen molar-refractivity contribution in [1.29, 1.82) is 0 Å². The van der Waals surface area contributed by atoms with Gasteiger partial charge in [-0.3, -0.25) is 0 Å². The summed E-state index contributed by atoms with van der Waals surface area (Å²) in [7, 11) is 0. The molecule has 0 saturated heterocycles. The SMILES string of the molecule is O=C(NCc1ccc(-c2ccc(F)nc2)cc1)Nc1ccc(Cl)c(C(F)(F)F)c1. The summed E-state index contributed by atoms with van der Waals surface area (Å²) in [5, 5.41) is 4.46. The van der Waals surface area contributed by atoms with Crippen LogP contribution in [0.15, 0.2) is 60.8 Å². The first-order valence-electron chi connectivity index (χ1n) is 8.35. The largest absolute Gasteiger partial charge is 0.417 e. The first-order chi connectivity index (χ1) is 13.7. The molecule has 1 aromatic heterocycles. The van der Waals surface area contributed by atoms with E-state index in [2.05, 4.69) is 15.6 Å². The van der Waals surface area contributed by atoms with Gasteiger partial charge in [0.1, 0.15) is 0 Å². The predicted molar refractivity (Wildman–Crippen MR) is 102 cm³/mol. The highest BCUT2D eigenvalue weighted by Crippen LogP contribution is 2.36. The lowest BCUT2D eigenvalue weighted by molar-refractivity contribution is -0.137. The number of amides is 2. The van der Waals surface area contributed by atoms with E-state index >= 15 is 0 Å². The molecule has 0 aliphatic rings. The lowest BCUT2D eigenvalue weighted by atomic mass is 10.1. The second-order valence-corrected chi connectivity index (χ2v) is 6.47. The molecule has 1 heterocycles. The Balaban J connectivity index is 1.59. The summed E-state index contributed by atoms with van der Waals surface area (Å²) in [6.07, 6.45) is -3.20. The van der Waals surface area contributed by atoms with Crippen molar-refractivity contribution in [3.05, 3.63) is 82.9 Å². The third-order valence-corrected chi connectivity index (χ3v) is 4.33. The highest BCUT2D eigenvalue weighted by molar-refractivity contribution is 6.31. The van der Waals surface area contributed by atoms with E-state index in [1.165, 1.54) is 18.3 Å². The number of nitrogens with one attached hydrogen (secondary N) is 2. The highest BCUT2D eigenvalue weighted by atomic mass is 35.5. The van der Waals surface area contributed by atoms with E-state index in [0.717, 1.165) is 28.8 Å². The van der Waals surface area contributed by atoms with Gasteiger partial charge in [-0.15, -0.1) is 0 Å². The molecular weight excluding hydrogens is 410 g/mol. The first kappa shape index (κ1) is 20.6. The summed E-state index contributed by atoms with van der Waals surface area (Å²) < 4.78 is 51.5. The lowest BCUT2D eigenvalue weighted by Gasteiger charge is -2.12. The van der Waals surface area contributed by atoms with Gasteiger partial charge in [-0.05, 0) is 41.5 Å². The summed E-state index contributed by atoms with van der Waals surface area (Å²) in [5.41, 5.74) is 1.28. The molecule has 0 radical (unpaired) electrons. The maximum Gasteiger partial charge on any atom is 0.417 e. The monoisotopic (exact) mass is 423 g/mol. The summed E-state index contributed by atoms with van der Waals surface area (Å²) >= 11 is 5.55. The van der Waals surface area contributed by atoms with E-state index in [4.69, 9.17) is 11.6 Å². The molecule has 0 aliphatic heterocycles. The third-order valence-electron chi connectivity index (χ3n) is 4.00. The predicted octanol–water partition coefficient (Wildman–Crippen LogP) is 5.88. The highest BCUT2D eigenvalue weighted by Gasteiger charge is 2.33. The number of carbonyl (C=O) groups excluding carboxylic acids is 1. The molecule has 150 valence electrons. The van der Waals surface area contributed by atoms with E-state index in [-0.39, 0.29) is 12.2 Å². The summed E-state index contributed by atoms with van der Waals surface area (Å²) in [5.74, 6) is -0.566. The summed E-state index contributed by atoms with van der Waals surface area (Å²) in [6, 6.07) is 12.4. The van der Waals surface area contributed by atoms with E-state index in [9.17, 15) is 22.4 Å². The van der Waals surface area contributed by atoms with Gasteiger partial charge in [0.2, 0.25) is 5.95 Å². The van der Waals surface area contributed by atoms with Crippen LogP contribution in [0.25, 0.3) is 11.1 Å². The zero-order valence-electron chi connectivity index (χ0n) is 14.7. The molecule has 29 heavy (non-hydrogen) atoms. The summed E-state index contributed by atoms with van der Waals surface area (Å²) in [4.78, 5) is 15.6. The van der Waals surface area contributed by atoms with Crippen LogP contribution in [0.1, 0.15) is 11.1 Å². The van der Waals surface area contributed by atoms with Gasteiger partial charge in [0.15, 0.2) is 0 Å². The average Bonchev–Trinajstić information content (AvgIpc) is 2.68. The number of carbonyl (C=O) groups is 1. The maximum atomic E-state index is 12.9. The topological polar surface area (TPSA) is 54.0 Å². The van der Waals surface area contributed by atoms with Crippen molar-refractivity contribution in [1.82, 2.24) is 10.3 Å². The number of urea groups is 1. The number of nitrogens with zero attached hydrogens (tertiary/aromatic N) is 1. The molecule has 2 aromatic carbocycles. The van der Waals surface area contributed by atoms with Crippen LogP contribution in [-0.4, -0.2) is 11.0 Å². The molecule has 0 atom stereocenters. The van der Waals surface area contributed by atoms with Crippen molar-refractivity contribution >= 4 is 23.3 Å². The minimum Gasteiger partial charge on any atom is -0.334 e.